The maximum atomic E-state index is 13.5. The Hall–Kier alpha value is -3.89. The van der Waals surface area contributed by atoms with Gasteiger partial charge in [-0.15, -0.1) is 0 Å². The fourth-order valence-electron chi connectivity index (χ4n) is 4.80. The van der Waals surface area contributed by atoms with Gasteiger partial charge in [-0.05, 0) is 67.4 Å². The Bertz CT molecular complexity index is 1410. The second kappa shape index (κ2) is 19.5. The third-order valence-corrected chi connectivity index (χ3v) is 8.68. The molecule has 1 amide bonds. The molecular weight excluding hydrogens is 592 g/mol. The van der Waals surface area contributed by atoms with Crippen LogP contribution in [-0.2, 0) is 19.6 Å². The summed E-state index contributed by atoms with van der Waals surface area (Å²) in [4.78, 5) is 24.1. The van der Waals surface area contributed by atoms with Gasteiger partial charge in [-0.1, -0.05) is 82.9 Å². The summed E-state index contributed by atoms with van der Waals surface area (Å²) >= 11 is 0. The zero-order chi connectivity index (χ0) is 32.3. The lowest BCUT2D eigenvalue weighted by atomic mass is 10.0. The summed E-state index contributed by atoms with van der Waals surface area (Å²) in [5.41, 5.74) is 0.238. The number of rotatable bonds is 22. The van der Waals surface area contributed by atoms with Crippen molar-refractivity contribution >= 4 is 27.9 Å². The number of amides is 1. The first-order valence-electron chi connectivity index (χ1n) is 15.7. The molecule has 1 atom stereocenters. The van der Waals surface area contributed by atoms with Crippen LogP contribution in [0, 0.1) is 0 Å². The molecule has 243 valence electrons. The molecule has 3 aromatic carbocycles. The third-order valence-electron chi connectivity index (χ3n) is 7.26. The van der Waals surface area contributed by atoms with Crippen LogP contribution in [0.2, 0.25) is 0 Å². The highest BCUT2D eigenvalue weighted by Crippen LogP contribution is 2.32. The van der Waals surface area contributed by atoms with E-state index in [1.54, 1.807) is 61.7 Å². The number of ether oxygens (including phenoxy) is 3. The van der Waals surface area contributed by atoms with Gasteiger partial charge in [-0.3, -0.25) is 9.59 Å². The van der Waals surface area contributed by atoms with Crippen molar-refractivity contribution in [1.82, 2.24) is 4.72 Å². The number of methoxy groups -OCH3 is 1. The molecule has 0 spiro atoms. The van der Waals surface area contributed by atoms with Crippen LogP contribution in [0.1, 0.15) is 77.6 Å². The van der Waals surface area contributed by atoms with Crippen molar-refractivity contribution < 1.29 is 32.2 Å². The number of sulfonamides is 1. The van der Waals surface area contributed by atoms with Crippen LogP contribution in [0.15, 0.2) is 77.7 Å². The highest BCUT2D eigenvalue weighted by molar-refractivity contribution is 7.89. The van der Waals surface area contributed by atoms with Gasteiger partial charge in [-0.25, -0.2) is 13.1 Å². The quantitative estimate of drug-likeness (QED) is 0.109. The van der Waals surface area contributed by atoms with E-state index < -0.39 is 28.6 Å². The van der Waals surface area contributed by atoms with Crippen LogP contribution < -0.4 is 24.2 Å². The number of para-hydroxylation sites is 1. The minimum Gasteiger partial charge on any atom is -0.497 e. The van der Waals surface area contributed by atoms with Gasteiger partial charge in [0.2, 0.25) is 16.3 Å². The van der Waals surface area contributed by atoms with Crippen LogP contribution in [0.25, 0.3) is 0 Å². The summed E-state index contributed by atoms with van der Waals surface area (Å²) in [5.74, 6) is 1.25. The van der Waals surface area contributed by atoms with E-state index >= 15 is 0 Å². The van der Waals surface area contributed by atoms with E-state index in [0.29, 0.717) is 23.7 Å². The molecule has 45 heavy (non-hydrogen) atoms. The van der Waals surface area contributed by atoms with Gasteiger partial charge in [0.1, 0.15) is 27.9 Å². The molecular formula is C35H45N2O7S. The zero-order valence-electron chi connectivity index (χ0n) is 26.3. The molecule has 0 aromatic heterocycles. The highest BCUT2D eigenvalue weighted by Gasteiger charge is 2.24. The van der Waals surface area contributed by atoms with Gasteiger partial charge in [0.25, 0.3) is 5.91 Å². The Balaban J connectivity index is 1.72. The maximum Gasteiger partial charge on any atom is 0.265 e. The first-order valence-corrected chi connectivity index (χ1v) is 17.2. The van der Waals surface area contributed by atoms with Gasteiger partial charge in [0, 0.05) is 5.69 Å². The first kappa shape index (κ1) is 35.6. The molecule has 3 rings (SSSR count). The SMILES string of the molecule is CCCCCCCCCCCCC(Oc1ccc(OC)cc1)C(=O)Nc1ccc(Oc2ccccc2)c(S(=O)(=O)NC[C]=O)c1. The van der Waals surface area contributed by atoms with Crippen molar-refractivity contribution in [3.63, 3.8) is 0 Å². The number of hydrogen-bond acceptors (Lipinski definition) is 7. The predicted octanol–water partition coefficient (Wildman–Crippen LogP) is 7.57. The summed E-state index contributed by atoms with van der Waals surface area (Å²) in [6.07, 6.45) is 12.9. The maximum absolute atomic E-state index is 13.5. The summed E-state index contributed by atoms with van der Waals surface area (Å²) in [7, 11) is -2.59. The minimum absolute atomic E-state index is 0.0361. The van der Waals surface area contributed by atoms with E-state index in [-0.39, 0.29) is 16.3 Å². The third kappa shape index (κ3) is 12.6. The summed E-state index contributed by atoms with van der Waals surface area (Å²) in [5, 5.41) is 2.82. The fourth-order valence-corrected chi connectivity index (χ4v) is 5.86. The van der Waals surface area contributed by atoms with Crippen LogP contribution >= 0.6 is 0 Å². The predicted molar refractivity (Wildman–Crippen MR) is 176 cm³/mol. The minimum atomic E-state index is -4.17. The topological polar surface area (TPSA) is 120 Å². The van der Waals surface area contributed by atoms with Crippen molar-refractivity contribution in [2.24, 2.45) is 0 Å². The number of carbonyl (C=O) groups is 1. The van der Waals surface area contributed by atoms with E-state index in [1.807, 2.05) is 6.07 Å². The molecule has 0 saturated heterocycles. The number of unbranched alkanes of at least 4 members (excludes halogenated alkanes) is 9. The highest BCUT2D eigenvalue weighted by atomic mass is 32.2. The molecule has 0 heterocycles. The van der Waals surface area contributed by atoms with Gasteiger partial charge in [-0.2, -0.15) is 0 Å². The Morgan fingerprint density at radius 2 is 1.42 bits per heavy atom. The standard InChI is InChI=1S/C35H45N2O7S/c1-3-4-5-6-7-8-9-10-11-15-18-33(44-31-22-20-29(42-2)21-23-31)35(39)37-28-19-24-32(43-30-16-13-12-14-17-30)34(27-28)45(40,41)36-25-26-38/h12-14,16-17,19-24,27,33,36H,3-11,15,18,25H2,1-2H3,(H,37,39). The summed E-state index contributed by atoms with van der Waals surface area (Å²) in [6, 6.07) is 20.0. The van der Waals surface area contributed by atoms with E-state index in [0.717, 1.165) is 19.3 Å². The zero-order valence-corrected chi connectivity index (χ0v) is 27.1. The van der Waals surface area contributed by atoms with Crippen molar-refractivity contribution in [3.8, 4) is 23.0 Å². The van der Waals surface area contributed by atoms with E-state index in [9.17, 15) is 18.0 Å². The number of hydrogen-bond donors (Lipinski definition) is 2. The summed E-state index contributed by atoms with van der Waals surface area (Å²) < 4.78 is 45.5. The van der Waals surface area contributed by atoms with Crippen LogP contribution in [0.5, 0.6) is 23.0 Å². The van der Waals surface area contributed by atoms with Crippen molar-refractivity contribution in [2.45, 2.75) is 88.6 Å². The normalized spacial score (nSPS) is 11.9. The average molecular weight is 638 g/mol. The monoisotopic (exact) mass is 637 g/mol. The Labute approximate surface area is 267 Å². The average Bonchev–Trinajstić information content (AvgIpc) is 3.05. The van der Waals surface area contributed by atoms with Crippen LogP contribution in [-0.4, -0.2) is 40.4 Å². The fraction of sp³-hybridized carbons (Fsp3) is 0.429. The van der Waals surface area contributed by atoms with Crippen molar-refractivity contribution in [3.05, 3.63) is 72.8 Å². The van der Waals surface area contributed by atoms with Gasteiger partial charge in [0.05, 0.1) is 13.7 Å². The van der Waals surface area contributed by atoms with E-state index in [4.69, 9.17) is 14.2 Å². The van der Waals surface area contributed by atoms with Crippen LogP contribution in [0.4, 0.5) is 5.69 Å². The van der Waals surface area contributed by atoms with Crippen molar-refractivity contribution in [2.75, 3.05) is 19.0 Å². The molecule has 9 nitrogen and oxygen atoms in total. The van der Waals surface area contributed by atoms with Gasteiger partial charge < -0.3 is 19.5 Å². The number of anilines is 1. The first-order chi connectivity index (χ1) is 21.9. The second-order valence-corrected chi connectivity index (χ2v) is 12.5. The molecule has 0 aliphatic heterocycles. The second-order valence-electron chi connectivity index (χ2n) is 10.8. The number of nitrogens with one attached hydrogen (secondary N) is 2. The molecule has 0 fully saturated rings. The van der Waals surface area contributed by atoms with Gasteiger partial charge >= 0.3 is 0 Å². The lowest BCUT2D eigenvalue weighted by molar-refractivity contribution is -0.123. The van der Waals surface area contributed by atoms with Crippen LogP contribution in [0.3, 0.4) is 0 Å². The lowest BCUT2D eigenvalue weighted by Gasteiger charge is -2.20. The van der Waals surface area contributed by atoms with Gasteiger partial charge in [0.15, 0.2) is 6.10 Å². The molecule has 0 bridgehead atoms. The molecule has 0 aliphatic rings. The molecule has 1 unspecified atom stereocenters. The number of benzene rings is 3. The molecule has 2 N–H and O–H groups in total. The molecule has 3 aromatic rings. The molecule has 0 aliphatic carbocycles. The van der Waals surface area contributed by atoms with E-state index in [1.165, 1.54) is 63.4 Å². The van der Waals surface area contributed by atoms with Crippen molar-refractivity contribution in [1.29, 1.82) is 0 Å². The Morgan fingerprint density at radius 1 is 0.800 bits per heavy atom. The largest absolute Gasteiger partial charge is 0.497 e. The summed E-state index contributed by atoms with van der Waals surface area (Å²) in [6.45, 7) is 1.69. The smallest absolute Gasteiger partial charge is 0.265 e. The lowest BCUT2D eigenvalue weighted by Crippen LogP contribution is -2.33. The Kier molecular flexibility index (Phi) is 15.4. The molecule has 0 saturated carbocycles. The molecule has 10 heteroatoms. The Morgan fingerprint density at radius 3 is 2.04 bits per heavy atom. The van der Waals surface area contributed by atoms with E-state index in [2.05, 4.69) is 17.0 Å². The number of carbonyl (C=O) groups excluding carboxylic acids is 2. The molecule has 1 radical (unpaired) electrons.